The van der Waals surface area contributed by atoms with E-state index in [1.165, 1.54) is 12.1 Å². The van der Waals surface area contributed by atoms with Crippen LogP contribution < -0.4 is 10.1 Å². The van der Waals surface area contributed by atoms with Gasteiger partial charge in [0.05, 0.1) is 0 Å². The van der Waals surface area contributed by atoms with Crippen molar-refractivity contribution < 1.29 is 13.9 Å². The maximum absolute atomic E-state index is 12.8. The van der Waals surface area contributed by atoms with Gasteiger partial charge in [-0.05, 0) is 68.5 Å². The number of benzene rings is 2. The molecule has 0 radical (unpaired) electrons. The predicted molar refractivity (Wildman–Crippen MR) is 93.7 cm³/mol. The van der Waals surface area contributed by atoms with Crippen LogP contribution in [0, 0.1) is 19.7 Å². The summed E-state index contributed by atoms with van der Waals surface area (Å²) in [5, 5.41) is 2.88. The van der Waals surface area contributed by atoms with Gasteiger partial charge in [0.2, 0.25) is 0 Å². The van der Waals surface area contributed by atoms with E-state index in [1.807, 2.05) is 32.0 Å². The van der Waals surface area contributed by atoms with Crippen LogP contribution in [0.1, 0.15) is 30.0 Å². The van der Waals surface area contributed by atoms with Gasteiger partial charge >= 0.3 is 0 Å². The third-order valence-corrected chi connectivity index (χ3v) is 4.08. The average Bonchev–Trinajstić information content (AvgIpc) is 2.57. The number of hydrogen-bond donors (Lipinski definition) is 1. The van der Waals surface area contributed by atoms with Crippen molar-refractivity contribution in [3.63, 3.8) is 0 Å². The first kappa shape index (κ1) is 18.0. The summed E-state index contributed by atoms with van der Waals surface area (Å²) >= 11 is 0. The summed E-state index contributed by atoms with van der Waals surface area (Å²) in [6.45, 7) is 6.31. The lowest BCUT2D eigenvalue weighted by atomic mass is 10.1. The molecule has 24 heavy (non-hydrogen) atoms. The second kappa shape index (κ2) is 8.48. The van der Waals surface area contributed by atoms with Gasteiger partial charge in [0, 0.05) is 6.54 Å². The molecule has 2 aromatic rings. The van der Waals surface area contributed by atoms with Gasteiger partial charge in [-0.15, -0.1) is 0 Å². The Hall–Kier alpha value is -2.36. The summed E-state index contributed by atoms with van der Waals surface area (Å²) < 4.78 is 18.6. The SMILES string of the molecule is Cc1cccc(O[C@H](C)C(=O)NCCCc2ccc(F)cc2)c1C. The van der Waals surface area contributed by atoms with Gasteiger partial charge < -0.3 is 10.1 Å². The maximum atomic E-state index is 12.8. The lowest BCUT2D eigenvalue weighted by molar-refractivity contribution is -0.127. The van der Waals surface area contributed by atoms with Gasteiger partial charge in [0.25, 0.3) is 5.91 Å². The highest BCUT2D eigenvalue weighted by Crippen LogP contribution is 2.21. The molecule has 2 rings (SSSR count). The van der Waals surface area contributed by atoms with Crippen LogP contribution in [0.25, 0.3) is 0 Å². The van der Waals surface area contributed by atoms with Crippen LogP contribution in [-0.2, 0) is 11.2 Å². The minimum atomic E-state index is -0.545. The normalized spacial score (nSPS) is 11.8. The Balaban J connectivity index is 1.75. The molecule has 4 heteroatoms. The Morgan fingerprint density at radius 1 is 1.17 bits per heavy atom. The first-order valence-electron chi connectivity index (χ1n) is 8.22. The van der Waals surface area contributed by atoms with Gasteiger partial charge in [0.1, 0.15) is 11.6 Å². The summed E-state index contributed by atoms with van der Waals surface area (Å²) in [6.07, 6.45) is 1.05. The molecule has 1 N–H and O–H groups in total. The standard InChI is InChI=1S/C20H24FNO2/c1-14-6-4-8-19(15(14)2)24-16(3)20(23)22-13-5-7-17-9-11-18(21)12-10-17/h4,6,8-12,16H,5,7,13H2,1-3H3,(H,22,23)/t16-/m1/s1. The third-order valence-electron chi connectivity index (χ3n) is 4.08. The predicted octanol–water partition coefficient (Wildman–Crippen LogP) is 3.96. The zero-order valence-electron chi connectivity index (χ0n) is 14.4. The molecule has 2 aromatic carbocycles. The highest BCUT2D eigenvalue weighted by Gasteiger charge is 2.15. The average molecular weight is 329 g/mol. The molecule has 0 fully saturated rings. The van der Waals surface area contributed by atoms with Gasteiger partial charge in [-0.25, -0.2) is 4.39 Å². The van der Waals surface area contributed by atoms with Crippen LogP contribution in [0.3, 0.4) is 0 Å². The summed E-state index contributed by atoms with van der Waals surface area (Å²) in [7, 11) is 0. The highest BCUT2D eigenvalue weighted by molar-refractivity contribution is 5.80. The highest BCUT2D eigenvalue weighted by atomic mass is 19.1. The first-order valence-corrected chi connectivity index (χ1v) is 8.22. The summed E-state index contributed by atoms with van der Waals surface area (Å²) in [5.74, 6) is 0.378. The summed E-state index contributed by atoms with van der Waals surface area (Å²) in [6, 6.07) is 12.3. The zero-order valence-corrected chi connectivity index (χ0v) is 14.4. The molecule has 0 saturated carbocycles. The van der Waals surface area contributed by atoms with E-state index in [1.54, 1.807) is 19.1 Å². The molecule has 0 unspecified atom stereocenters. The van der Waals surface area contributed by atoms with E-state index in [0.29, 0.717) is 6.54 Å². The Kier molecular flexibility index (Phi) is 6.36. The molecule has 1 amide bonds. The van der Waals surface area contributed by atoms with Crippen LogP contribution in [0.4, 0.5) is 4.39 Å². The number of amides is 1. The van der Waals surface area contributed by atoms with Crippen molar-refractivity contribution in [3.05, 3.63) is 65.0 Å². The van der Waals surface area contributed by atoms with Crippen molar-refractivity contribution >= 4 is 5.91 Å². The van der Waals surface area contributed by atoms with E-state index in [-0.39, 0.29) is 11.7 Å². The van der Waals surface area contributed by atoms with Crippen LogP contribution in [-0.4, -0.2) is 18.6 Å². The molecule has 0 aliphatic rings. The first-order chi connectivity index (χ1) is 11.5. The van der Waals surface area contributed by atoms with Crippen LogP contribution in [0.2, 0.25) is 0 Å². The Labute approximate surface area is 142 Å². The van der Waals surface area contributed by atoms with Crippen molar-refractivity contribution in [1.82, 2.24) is 5.32 Å². The molecule has 3 nitrogen and oxygen atoms in total. The monoisotopic (exact) mass is 329 g/mol. The van der Waals surface area contributed by atoms with Crippen LogP contribution in [0.5, 0.6) is 5.75 Å². The Morgan fingerprint density at radius 3 is 2.58 bits per heavy atom. The molecule has 0 aliphatic carbocycles. The van der Waals surface area contributed by atoms with E-state index in [9.17, 15) is 9.18 Å². The van der Waals surface area contributed by atoms with Gasteiger partial charge in [-0.2, -0.15) is 0 Å². The molecular formula is C20H24FNO2. The number of rotatable bonds is 7. The van der Waals surface area contributed by atoms with Gasteiger partial charge in [-0.1, -0.05) is 24.3 Å². The Bertz CT molecular complexity index is 683. The summed E-state index contributed by atoms with van der Waals surface area (Å²) in [5.41, 5.74) is 3.25. The van der Waals surface area contributed by atoms with Crippen LogP contribution in [0.15, 0.2) is 42.5 Å². The smallest absolute Gasteiger partial charge is 0.260 e. The number of hydrogen-bond acceptors (Lipinski definition) is 2. The fourth-order valence-corrected chi connectivity index (χ4v) is 2.39. The largest absolute Gasteiger partial charge is 0.481 e. The Morgan fingerprint density at radius 2 is 1.88 bits per heavy atom. The maximum Gasteiger partial charge on any atom is 0.260 e. The molecule has 0 spiro atoms. The second-order valence-electron chi connectivity index (χ2n) is 5.98. The lowest BCUT2D eigenvalue weighted by Crippen LogP contribution is -2.37. The molecular weight excluding hydrogens is 305 g/mol. The molecule has 0 bridgehead atoms. The van der Waals surface area contributed by atoms with Gasteiger partial charge in [-0.3, -0.25) is 4.79 Å². The topological polar surface area (TPSA) is 38.3 Å². The number of halogens is 1. The van der Waals surface area contributed by atoms with Gasteiger partial charge in [0.15, 0.2) is 6.10 Å². The number of carbonyl (C=O) groups excluding carboxylic acids is 1. The number of ether oxygens (including phenoxy) is 1. The van der Waals surface area contributed by atoms with Crippen molar-refractivity contribution in [2.75, 3.05) is 6.54 Å². The van der Waals surface area contributed by atoms with E-state index < -0.39 is 6.10 Å². The fraction of sp³-hybridized carbons (Fsp3) is 0.350. The third kappa shape index (κ3) is 5.08. The van der Waals surface area contributed by atoms with E-state index in [2.05, 4.69) is 5.32 Å². The number of aryl methyl sites for hydroxylation is 2. The molecule has 128 valence electrons. The summed E-state index contributed by atoms with van der Waals surface area (Å²) in [4.78, 5) is 12.1. The molecule has 0 aromatic heterocycles. The van der Waals surface area contributed by atoms with E-state index in [4.69, 9.17) is 4.74 Å². The quantitative estimate of drug-likeness (QED) is 0.781. The fourth-order valence-electron chi connectivity index (χ4n) is 2.39. The molecule has 1 atom stereocenters. The van der Waals surface area contributed by atoms with Crippen molar-refractivity contribution in [2.45, 2.75) is 39.7 Å². The van der Waals surface area contributed by atoms with Crippen LogP contribution >= 0.6 is 0 Å². The van der Waals surface area contributed by atoms with Crippen molar-refractivity contribution in [3.8, 4) is 5.75 Å². The minimum absolute atomic E-state index is 0.130. The molecule has 0 heterocycles. The second-order valence-corrected chi connectivity index (χ2v) is 5.98. The van der Waals surface area contributed by atoms with E-state index >= 15 is 0 Å². The minimum Gasteiger partial charge on any atom is -0.481 e. The van der Waals surface area contributed by atoms with E-state index in [0.717, 1.165) is 35.3 Å². The number of nitrogens with one attached hydrogen (secondary N) is 1. The lowest BCUT2D eigenvalue weighted by Gasteiger charge is -2.17. The van der Waals surface area contributed by atoms with Crippen molar-refractivity contribution in [1.29, 1.82) is 0 Å². The molecule has 0 aliphatic heterocycles. The zero-order chi connectivity index (χ0) is 17.5. The van der Waals surface area contributed by atoms with Crippen molar-refractivity contribution in [2.24, 2.45) is 0 Å². The number of carbonyl (C=O) groups is 1. The molecule has 0 saturated heterocycles.